The number of ether oxygens (including phenoxy) is 2. The molecule has 1 saturated heterocycles. The van der Waals surface area contributed by atoms with Gasteiger partial charge in [0, 0.05) is 43.0 Å². The summed E-state index contributed by atoms with van der Waals surface area (Å²) in [5.74, 6) is -1.04. The average Bonchev–Trinajstić information content (AvgIpc) is 3.50. The van der Waals surface area contributed by atoms with Crippen molar-refractivity contribution in [2.75, 3.05) is 26.8 Å². The van der Waals surface area contributed by atoms with Crippen LogP contribution in [0.4, 0.5) is 11.4 Å². The first kappa shape index (κ1) is 27.3. The van der Waals surface area contributed by atoms with E-state index < -0.39 is 33.9 Å². The molecule has 1 fully saturated rings. The minimum absolute atomic E-state index is 0.117. The topological polar surface area (TPSA) is 195 Å². The number of nitro benzene ring substituents is 2. The first-order chi connectivity index (χ1) is 18.6. The minimum Gasteiger partial charge on any atom is -0.496 e. The number of methoxy groups -OCH3 is 1. The van der Waals surface area contributed by atoms with Gasteiger partial charge in [-0.15, -0.1) is 0 Å². The Hall–Kier alpha value is -4.79. The Kier molecular flexibility index (Phi) is 7.90. The van der Waals surface area contributed by atoms with Crippen LogP contribution in [-0.2, 0) is 27.4 Å². The molecule has 3 aromatic rings. The SMILES string of the molecule is COc1ccc([N+](=O)[O-])cc1Cn1c(=O)n(CC(=O)N(CC(N)=O)CC2CCCO2)c2ccc([N+](=O)[O-])cc21. The van der Waals surface area contributed by atoms with Gasteiger partial charge in [-0.2, -0.15) is 0 Å². The number of imidazole rings is 1. The number of nitro groups is 2. The molecule has 1 unspecified atom stereocenters. The summed E-state index contributed by atoms with van der Waals surface area (Å²) >= 11 is 0. The molecule has 0 radical (unpaired) electrons. The minimum atomic E-state index is -0.732. The molecule has 2 amide bonds. The average molecular weight is 543 g/mol. The summed E-state index contributed by atoms with van der Waals surface area (Å²) in [6.07, 6.45) is 1.25. The van der Waals surface area contributed by atoms with Crippen LogP contribution in [0.25, 0.3) is 11.0 Å². The first-order valence-corrected chi connectivity index (χ1v) is 12.0. The van der Waals surface area contributed by atoms with E-state index in [4.69, 9.17) is 15.2 Å². The zero-order valence-corrected chi connectivity index (χ0v) is 21.0. The number of aromatic nitrogens is 2. The van der Waals surface area contributed by atoms with Gasteiger partial charge in [0.15, 0.2) is 0 Å². The number of benzene rings is 2. The Morgan fingerprint density at radius 2 is 1.79 bits per heavy atom. The molecule has 0 saturated carbocycles. The summed E-state index contributed by atoms with van der Waals surface area (Å²) in [5.41, 5.74) is 4.76. The van der Waals surface area contributed by atoms with Crippen LogP contribution in [-0.4, -0.2) is 68.6 Å². The maximum absolute atomic E-state index is 13.6. The molecular formula is C24H26N6O9. The van der Waals surface area contributed by atoms with E-state index in [2.05, 4.69) is 0 Å². The number of non-ortho nitro benzene ring substituents is 2. The fourth-order valence-electron chi connectivity index (χ4n) is 4.61. The zero-order valence-electron chi connectivity index (χ0n) is 21.0. The fourth-order valence-corrected chi connectivity index (χ4v) is 4.61. The third kappa shape index (κ3) is 5.87. The molecule has 15 heteroatoms. The summed E-state index contributed by atoms with van der Waals surface area (Å²) in [7, 11) is 1.36. The molecule has 0 aliphatic carbocycles. The Balaban J connectivity index is 1.77. The van der Waals surface area contributed by atoms with E-state index in [1.54, 1.807) is 0 Å². The van der Waals surface area contributed by atoms with Crippen molar-refractivity contribution in [3.05, 3.63) is 72.7 Å². The maximum atomic E-state index is 13.6. The van der Waals surface area contributed by atoms with Crippen LogP contribution in [0.15, 0.2) is 41.2 Å². The third-order valence-corrected chi connectivity index (χ3v) is 6.46. The largest absolute Gasteiger partial charge is 0.496 e. The fraction of sp³-hybridized carbons (Fsp3) is 0.375. The number of hydrogen-bond donors (Lipinski definition) is 1. The van der Waals surface area contributed by atoms with Crippen LogP contribution in [0, 0.1) is 20.2 Å². The molecule has 206 valence electrons. The summed E-state index contributed by atoms with van der Waals surface area (Å²) in [6.45, 7) is -0.431. The van der Waals surface area contributed by atoms with Gasteiger partial charge in [0.25, 0.3) is 11.4 Å². The molecular weight excluding hydrogens is 516 g/mol. The molecule has 0 spiro atoms. The molecule has 4 rings (SSSR count). The summed E-state index contributed by atoms with van der Waals surface area (Å²) < 4.78 is 13.2. The van der Waals surface area contributed by atoms with Crippen LogP contribution in [0.2, 0.25) is 0 Å². The molecule has 15 nitrogen and oxygen atoms in total. The van der Waals surface area contributed by atoms with Gasteiger partial charge >= 0.3 is 5.69 Å². The highest BCUT2D eigenvalue weighted by Crippen LogP contribution is 2.27. The highest BCUT2D eigenvalue weighted by Gasteiger charge is 2.26. The van der Waals surface area contributed by atoms with Crippen molar-refractivity contribution in [1.29, 1.82) is 0 Å². The van der Waals surface area contributed by atoms with Gasteiger partial charge in [-0.05, 0) is 25.0 Å². The predicted molar refractivity (Wildman–Crippen MR) is 136 cm³/mol. The Bertz CT molecular complexity index is 1510. The van der Waals surface area contributed by atoms with E-state index in [0.29, 0.717) is 13.0 Å². The lowest BCUT2D eigenvalue weighted by atomic mass is 10.1. The van der Waals surface area contributed by atoms with Crippen LogP contribution in [0.5, 0.6) is 5.75 Å². The highest BCUT2D eigenvalue weighted by molar-refractivity contribution is 5.85. The molecule has 1 aliphatic rings. The van der Waals surface area contributed by atoms with E-state index in [1.165, 1.54) is 53.0 Å². The van der Waals surface area contributed by atoms with Crippen LogP contribution >= 0.6 is 0 Å². The highest BCUT2D eigenvalue weighted by atomic mass is 16.6. The monoisotopic (exact) mass is 542 g/mol. The Morgan fingerprint density at radius 3 is 2.41 bits per heavy atom. The number of carbonyl (C=O) groups excluding carboxylic acids is 2. The molecule has 1 atom stereocenters. The second kappa shape index (κ2) is 11.3. The lowest BCUT2D eigenvalue weighted by Gasteiger charge is -2.24. The third-order valence-electron chi connectivity index (χ3n) is 6.46. The lowest BCUT2D eigenvalue weighted by molar-refractivity contribution is -0.385. The van der Waals surface area contributed by atoms with Gasteiger partial charge in [0.2, 0.25) is 11.8 Å². The van der Waals surface area contributed by atoms with Crippen molar-refractivity contribution in [2.24, 2.45) is 5.73 Å². The van der Waals surface area contributed by atoms with Crippen molar-refractivity contribution in [1.82, 2.24) is 14.0 Å². The Labute approximate surface area is 220 Å². The number of carbonyl (C=O) groups is 2. The van der Waals surface area contributed by atoms with Gasteiger partial charge in [-0.3, -0.25) is 39.0 Å². The van der Waals surface area contributed by atoms with E-state index >= 15 is 0 Å². The molecule has 2 heterocycles. The number of amides is 2. The number of nitrogens with zero attached hydrogens (tertiary/aromatic N) is 5. The number of rotatable bonds is 11. The van der Waals surface area contributed by atoms with Gasteiger partial charge in [0.05, 0.1) is 47.2 Å². The normalized spacial score (nSPS) is 14.8. The maximum Gasteiger partial charge on any atom is 0.329 e. The van der Waals surface area contributed by atoms with Crippen molar-refractivity contribution in [2.45, 2.75) is 32.0 Å². The van der Waals surface area contributed by atoms with Gasteiger partial charge in [-0.1, -0.05) is 0 Å². The van der Waals surface area contributed by atoms with E-state index in [-0.39, 0.29) is 59.5 Å². The van der Waals surface area contributed by atoms with Crippen LogP contribution < -0.4 is 16.2 Å². The smallest absolute Gasteiger partial charge is 0.329 e. The van der Waals surface area contributed by atoms with E-state index in [0.717, 1.165) is 11.0 Å². The lowest BCUT2D eigenvalue weighted by Crippen LogP contribution is -2.45. The molecule has 2 aromatic carbocycles. The number of hydrogen-bond acceptors (Lipinski definition) is 9. The second-order valence-electron chi connectivity index (χ2n) is 9.01. The summed E-state index contributed by atoms with van der Waals surface area (Å²) in [6, 6.07) is 7.62. The summed E-state index contributed by atoms with van der Waals surface area (Å²) in [4.78, 5) is 61.3. The van der Waals surface area contributed by atoms with Crippen LogP contribution in [0.3, 0.4) is 0 Å². The first-order valence-electron chi connectivity index (χ1n) is 12.0. The van der Waals surface area contributed by atoms with Crippen LogP contribution in [0.1, 0.15) is 18.4 Å². The van der Waals surface area contributed by atoms with Crippen molar-refractivity contribution in [3.63, 3.8) is 0 Å². The molecule has 0 bridgehead atoms. The number of nitrogens with two attached hydrogens (primary N) is 1. The number of fused-ring (bicyclic) bond motifs is 1. The standard InChI is InChI=1S/C24H26N6O9/c1-38-21-7-5-16(29(34)35)9-15(21)11-27-20-10-17(30(36)37)4-6-19(20)28(24(27)33)14-23(32)26(13-22(25)31)12-18-3-2-8-39-18/h4-7,9-10,18H,2-3,8,11-14H2,1H3,(H2,25,31). The predicted octanol–water partition coefficient (Wildman–Crippen LogP) is 1.17. The van der Waals surface area contributed by atoms with E-state index in [1.807, 2.05) is 0 Å². The Morgan fingerprint density at radius 1 is 1.10 bits per heavy atom. The van der Waals surface area contributed by atoms with Gasteiger partial charge in [0.1, 0.15) is 12.3 Å². The molecule has 39 heavy (non-hydrogen) atoms. The second-order valence-corrected chi connectivity index (χ2v) is 9.01. The molecule has 2 N–H and O–H groups in total. The van der Waals surface area contributed by atoms with Gasteiger partial charge in [-0.25, -0.2) is 4.79 Å². The van der Waals surface area contributed by atoms with Crippen molar-refractivity contribution < 1.29 is 28.9 Å². The molecule has 1 aromatic heterocycles. The number of primary amides is 1. The zero-order chi connectivity index (χ0) is 28.3. The van der Waals surface area contributed by atoms with Crippen molar-refractivity contribution >= 4 is 34.2 Å². The van der Waals surface area contributed by atoms with Crippen molar-refractivity contribution in [3.8, 4) is 5.75 Å². The summed E-state index contributed by atoms with van der Waals surface area (Å²) in [5, 5.41) is 22.8. The van der Waals surface area contributed by atoms with E-state index in [9.17, 15) is 34.6 Å². The van der Waals surface area contributed by atoms with Gasteiger partial charge < -0.3 is 20.1 Å². The quantitative estimate of drug-likeness (QED) is 0.273. The molecule has 1 aliphatic heterocycles.